The van der Waals surface area contributed by atoms with E-state index in [-0.39, 0.29) is 12.1 Å². The summed E-state index contributed by atoms with van der Waals surface area (Å²) in [4.78, 5) is 10.4. The largest absolute Gasteiger partial charge is 0.357 e. The molecule has 2 heterocycles. The first-order valence-corrected chi connectivity index (χ1v) is 24.4. The van der Waals surface area contributed by atoms with Crippen molar-refractivity contribution in [2.45, 2.75) is 88.9 Å². The normalized spacial score (nSPS) is 28.2. The van der Waals surface area contributed by atoms with Gasteiger partial charge in [0.05, 0.1) is 12.1 Å². The predicted octanol–water partition coefficient (Wildman–Crippen LogP) is 14.9. The lowest BCUT2D eigenvalue weighted by atomic mass is 9.82. The first-order chi connectivity index (χ1) is 32.1. The Hall–Kier alpha value is -6.52. The van der Waals surface area contributed by atoms with Crippen LogP contribution in [0.1, 0.15) is 70.3 Å². The van der Waals surface area contributed by atoms with Crippen LogP contribution in [0.15, 0.2) is 224 Å². The van der Waals surface area contributed by atoms with Crippen LogP contribution in [0.3, 0.4) is 0 Å². The summed E-state index contributed by atoms with van der Waals surface area (Å²) >= 11 is 0. The molecule has 0 saturated carbocycles. The summed E-state index contributed by atoms with van der Waals surface area (Å²) in [5.74, 6) is 1.68. The highest BCUT2D eigenvalue weighted by Gasteiger charge is 2.47. The zero-order valence-corrected chi connectivity index (χ0v) is 38.0. The second kappa shape index (κ2) is 17.8. The van der Waals surface area contributed by atoms with Crippen LogP contribution < -0.4 is 14.7 Å². The molecular formula is C61H62N4. The van der Waals surface area contributed by atoms with E-state index >= 15 is 0 Å². The average Bonchev–Trinajstić information content (AvgIpc) is 4.06. The van der Waals surface area contributed by atoms with Gasteiger partial charge < -0.3 is 19.6 Å². The molecule has 6 aliphatic carbocycles. The number of likely N-dealkylation sites (tertiary alicyclic amines) is 1. The molecule has 4 nitrogen and oxygen atoms in total. The number of allylic oxidation sites excluding steroid dienone is 15. The van der Waals surface area contributed by atoms with Crippen LogP contribution in [0.4, 0.5) is 22.7 Å². The molecule has 2 aliphatic heterocycles. The Kier molecular flexibility index (Phi) is 11.3. The van der Waals surface area contributed by atoms with E-state index in [0.29, 0.717) is 35.8 Å². The van der Waals surface area contributed by atoms with Crippen LogP contribution in [-0.2, 0) is 0 Å². The van der Waals surface area contributed by atoms with Gasteiger partial charge in [0.1, 0.15) is 0 Å². The van der Waals surface area contributed by atoms with Gasteiger partial charge in [-0.05, 0) is 147 Å². The Morgan fingerprint density at radius 3 is 2.25 bits per heavy atom. The fourth-order valence-corrected chi connectivity index (χ4v) is 12.1. The van der Waals surface area contributed by atoms with Gasteiger partial charge in [-0.25, -0.2) is 0 Å². The van der Waals surface area contributed by atoms with E-state index in [0.717, 1.165) is 44.9 Å². The van der Waals surface area contributed by atoms with Crippen molar-refractivity contribution in [3.8, 4) is 11.1 Å². The van der Waals surface area contributed by atoms with Crippen LogP contribution in [-0.4, -0.2) is 29.1 Å². The van der Waals surface area contributed by atoms with Crippen molar-refractivity contribution in [2.24, 2.45) is 17.8 Å². The number of fused-ring (bicyclic) bond motifs is 6. The van der Waals surface area contributed by atoms with Crippen molar-refractivity contribution in [3.05, 3.63) is 229 Å². The summed E-state index contributed by atoms with van der Waals surface area (Å²) < 4.78 is 0. The topological polar surface area (TPSA) is 13.0 Å². The molecule has 8 unspecified atom stereocenters. The molecule has 8 aliphatic rings. The third kappa shape index (κ3) is 7.51. The minimum Gasteiger partial charge on any atom is -0.357 e. The highest BCUT2D eigenvalue weighted by molar-refractivity contribution is 5.77. The monoisotopic (exact) mass is 850 g/mol. The van der Waals surface area contributed by atoms with E-state index in [1.807, 2.05) is 6.08 Å². The maximum absolute atomic E-state index is 4.23. The second-order valence-electron chi connectivity index (χ2n) is 19.0. The molecule has 1 fully saturated rings. The van der Waals surface area contributed by atoms with E-state index < -0.39 is 0 Å². The Morgan fingerprint density at radius 1 is 0.708 bits per heavy atom. The van der Waals surface area contributed by atoms with Gasteiger partial charge in [0.2, 0.25) is 0 Å². The van der Waals surface area contributed by atoms with Gasteiger partial charge in [0.25, 0.3) is 0 Å². The van der Waals surface area contributed by atoms with Gasteiger partial charge in [0.15, 0.2) is 0 Å². The maximum atomic E-state index is 4.23. The highest BCUT2D eigenvalue weighted by Crippen LogP contribution is 2.51. The molecule has 65 heavy (non-hydrogen) atoms. The lowest BCUT2D eigenvalue weighted by Gasteiger charge is -2.39. The van der Waals surface area contributed by atoms with Crippen molar-refractivity contribution in [2.75, 3.05) is 14.7 Å². The van der Waals surface area contributed by atoms with E-state index in [9.17, 15) is 0 Å². The molecule has 8 atom stereocenters. The number of hydrogen-bond donors (Lipinski definition) is 0. The SMILES string of the molecule is C=C/C(=C\C=C/C)N1C2C=CC=CC2C2C=C(N(C3=CCCC=C3)c3ccc(-c4ccc(N(c5ccc6c(c5)C5C=CCC5N6C5=CC=CCC5)C5CC=CCC5C)cc4)cc3)C=CC21. The molecule has 0 spiro atoms. The predicted molar refractivity (Wildman–Crippen MR) is 275 cm³/mol. The summed E-state index contributed by atoms with van der Waals surface area (Å²) in [5, 5.41) is 0. The van der Waals surface area contributed by atoms with E-state index in [1.54, 1.807) is 0 Å². The molecular weight excluding hydrogens is 789 g/mol. The minimum absolute atomic E-state index is 0.249. The molecule has 0 aromatic heterocycles. The van der Waals surface area contributed by atoms with Crippen molar-refractivity contribution < 1.29 is 0 Å². The second-order valence-corrected chi connectivity index (χ2v) is 19.0. The minimum atomic E-state index is 0.249. The number of anilines is 4. The number of nitrogens with zero attached hydrogens (tertiary/aromatic N) is 4. The fourth-order valence-electron chi connectivity index (χ4n) is 12.1. The molecule has 326 valence electrons. The van der Waals surface area contributed by atoms with Gasteiger partial charge in [-0.3, -0.25) is 0 Å². The molecule has 11 rings (SSSR count). The first kappa shape index (κ1) is 41.2. The van der Waals surface area contributed by atoms with Crippen molar-refractivity contribution in [1.29, 1.82) is 0 Å². The Morgan fingerprint density at radius 2 is 1.49 bits per heavy atom. The van der Waals surface area contributed by atoms with Gasteiger partial charge in [-0.1, -0.05) is 135 Å². The van der Waals surface area contributed by atoms with Crippen molar-refractivity contribution >= 4 is 22.7 Å². The standard InChI is InChI=1S/C61H62N4/c1-4-6-19-46(5-2)64-58-27-16-14-24-53(58)55-41-51(37-39-60(55)64)62(47-20-9-7-10-21-47)49-33-29-44(30-34-49)45-31-35-50(36-32-45)63(57-26-15-13-18-43(57)3)52-38-40-61-56(42-52)54-25-17-28-59(54)65(61)48-22-11-8-12-23-48/h4-6,8-9,11,13-17,19-22,24-25,27,29-43,53-55,57-60H,2,7,10,12,18,23,26,28H2,1,3H3/b6-4-,46-19+. The summed E-state index contributed by atoms with van der Waals surface area (Å²) in [7, 11) is 0. The maximum Gasteiger partial charge on any atom is 0.0553 e. The first-order valence-electron chi connectivity index (χ1n) is 24.4. The molecule has 0 N–H and O–H groups in total. The molecule has 3 aromatic rings. The van der Waals surface area contributed by atoms with Crippen LogP contribution in [0.2, 0.25) is 0 Å². The highest BCUT2D eigenvalue weighted by atomic mass is 15.2. The van der Waals surface area contributed by atoms with Gasteiger partial charge in [-0.2, -0.15) is 0 Å². The Balaban J connectivity index is 0.892. The smallest absolute Gasteiger partial charge is 0.0553 e. The van der Waals surface area contributed by atoms with Crippen LogP contribution in [0.25, 0.3) is 11.1 Å². The quantitative estimate of drug-likeness (QED) is 0.141. The lowest BCUT2D eigenvalue weighted by Crippen LogP contribution is -2.37. The zero-order valence-electron chi connectivity index (χ0n) is 38.0. The zero-order chi connectivity index (χ0) is 43.9. The van der Waals surface area contributed by atoms with Crippen LogP contribution >= 0.6 is 0 Å². The number of benzene rings is 3. The van der Waals surface area contributed by atoms with E-state index in [1.165, 1.54) is 62.2 Å². The van der Waals surface area contributed by atoms with Crippen LogP contribution in [0.5, 0.6) is 0 Å². The van der Waals surface area contributed by atoms with Gasteiger partial charge in [-0.15, -0.1) is 0 Å². The average molecular weight is 851 g/mol. The molecule has 0 radical (unpaired) electrons. The summed E-state index contributed by atoms with van der Waals surface area (Å²) in [6.07, 6.45) is 56.2. The third-order valence-corrected chi connectivity index (χ3v) is 15.2. The Bertz CT molecular complexity index is 2690. The number of rotatable bonds is 11. The summed E-state index contributed by atoms with van der Waals surface area (Å²) in [6, 6.07) is 27.4. The lowest BCUT2D eigenvalue weighted by molar-refractivity contribution is 0.312. The summed E-state index contributed by atoms with van der Waals surface area (Å²) in [5.41, 5.74) is 14.2. The van der Waals surface area contributed by atoms with Crippen molar-refractivity contribution in [3.63, 3.8) is 0 Å². The van der Waals surface area contributed by atoms with Crippen molar-refractivity contribution in [1.82, 2.24) is 4.90 Å². The molecule has 1 saturated heterocycles. The van der Waals surface area contributed by atoms with Gasteiger partial charge in [0, 0.05) is 75.4 Å². The van der Waals surface area contributed by atoms with E-state index in [4.69, 9.17) is 0 Å². The van der Waals surface area contributed by atoms with Crippen LogP contribution in [0, 0.1) is 17.8 Å². The molecule has 0 amide bonds. The molecule has 0 bridgehead atoms. The molecule has 3 aromatic carbocycles. The number of hydrogen-bond acceptors (Lipinski definition) is 4. The summed E-state index contributed by atoms with van der Waals surface area (Å²) in [6.45, 7) is 8.72. The van der Waals surface area contributed by atoms with E-state index in [2.05, 4.69) is 228 Å². The molecule has 4 heteroatoms. The Labute approximate surface area is 387 Å². The third-order valence-electron chi connectivity index (χ3n) is 15.2. The fraction of sp³-hybridized carbons (Fsp3) is 0.279. The van der Waals surface area contributed by atoms with Gasteiger partial charge >= 0.3 is 0 Å².